The molecule has 0 unspecified atom stereocenters. The third-order valence-corrected chi connectivity index (χ3v) is 5.48. The largest absolute Gasteiger partial charge is 0.439 e. The van der Waals surface area contributed by atoms with Crippen molar-refractivity contribution in [3.63, 3.8) is 0 Å². The van der Waals surface area contributed by atoms with Gasteiger partial charge in [0.1, 0.15) is 5.75 Å². The fourth-order valence-electron chi connectivity index (χ4n) is 3.50. The maximum atomic E-state index is 6.20. The van der Waals surface area contributed by atoms with E-state index in [0.717, 1.165) is 44.9 Å². The van der Waals surface area contributed by atoms with Gasteiger partial charge in [-0.25, -0.2) is 9.97 Å². The number of nitrogens with two attached hydrogens (primary N) is 1. The smallest absolute Gasteiger partial charge is 0.219 e. The molecule has 0 aliphatic heterocycles. The number of hydrogen-bond acceptors (Lipinski definition) is 5. The van der Waals surface area contributed by atoms with Gasteiger partial charge in [0.2, 0.25) is 11.8 Å². The van der Waals surface area contributed by atoms with E-state index in [-0.39, 0.29) is 0 Å². The minimum atomic E-state index is 0.527. The first-order valence-corrected chi connectivity index (χ1v) is 10.2. The molecule has 0 saturated heterocycles. The number of benzene rings is 3. The zero-order chi connectivity index (χ0) is 21.4. The lowest BCUT2D eigenvalue weighted by Crippen LogP contribution is -2.04. The van der Waals surface area contributed by atoms with Gasteiger partial charge in [-0.2, -0.15) is 0 Å². The first-order valence-electron chi connectivity index (χ1n) is 9.85. The van der Waals surface area contributed by atoms with Crippen molar-refractivity contribution >= 4 is 45.2 Å². The van der Waals surface area contributed by atoms with Gasteiger partial charge in [0, 0.05) is 35.8 Å². The fraction of sp³-hybridized carbons (Fsp3) is 0.0833. The van der Waals surface area contributed by atoms with Crippen LogP contribution in [0, 0.1) is 0 Å². The maximum absolute atomic E-state index is 6.20. The van der Waals surface area contributed by atoms with Crippen molar-refractivity contribution in [1.82, 2.24) is 14.5 Å². The molecule has 0 atom stereocenters. The summed E-state index contributed by atoms with van der Waals surface area (Å²) >= 11 is 6.20. The van der Waals surface area contributed by atoms with Crippen molar-refractivity contribution in [3.8, 4) is 11.6 Å². The Bertz CT molecular complexity index is 1400. The number of halogens is 1. The molecule has 5 rings (SSSR count). The maximum Gasteiger partial charge on any atom is 0.219 e. The van der Waals surface area contributed by atoms with Gasteiger partial charge in [0.15, 0.2) is 0 Å². The number of nitrogens with one attached hydrogen (secondary N) is 1. The van der Waals surface area contributed by atoms with Crippen LogP contribution < -0.4 is 15.8 Å². The molecule has 3 aromatic carbocycles. The summed E-state index contributed by atoms with van der Waals surface area (Å²) in [6.45, 7) is 0.639. The quantitative estimate of drug-likeness (QED) is 0.347. The Labute approximate surface area is 184 Å². The second-order valence-corrected chi connectivity index (χ2v) is 7.71. The molecule has 0 aliphatic rings. The Morgan fingerprint density at radius 1 is 0.968 bits per heavy atom. The molecule has 31 heavy (non-hydrogen) atoms. The highest BCUT2D eigenvalue weighted by Gasteiger charge is 2.08. The van der Waals surface area contributed by atoms with Crippen molar-refractivity contribution in [2.24, 2.45) is 7.05 Å². The standard InChI is InChI=1S/C24H20ClN5O/c1-30-22-13-16(26)7-11-21(22)29-24(30)27-14-15-5-8-17(9-6-15)31-23-12-10-18-19(25)3-2-4-20(18)28-23/h2-13H,14,26H2,1H3,(H,27,29). The van der Waals surface area contributed by atoms with Crippen LogP contribution in [-0.2, 0) is 13.6 Å². The topological polar surface area (TPSA) is 78.0 Å². The molecule has 6 nitrogen and oxygen atoms in total. The van der Waals surface area contributed by atoms with Crippen molar-refractivity contribution in [2.45, 2.75) is 6.54 Å². The van der Waals surface area contributed by atoms with Gasteiger partial charge in [-0.05, 0) is 54.1 Å². The first-order chi connectivity index (χ1) is 15.1. The predicted octanol–water partition coefficient (Wildman–Crippen LogP) is 5.76. The van der Waals surface area contributed by atoms with Gasteiger partial charge in [-0.3, -0.25) is 0 Å². The number of fused-ring (bicyclic) bond motifs is 2. The highest BCUT2D eigenvalue weighted by atomic mass is 35.5. The summed E-state index contributed by atoms with van der Waals surface area (Å²) in [4.78, 5) is 9.15. The lowest BCUT2D eigenvalue weighted by Gasteiger charge is -2.09. The SMILES string of the molecule is Cn1c(NCc2ccc(Oc3ccc4c(Cl)cccc4n3)cc2)nc2ccc(N)cc21. The number of nitrogen functional groups attached to an aromatic ring is 1. The minimum Gasteiger partial charge on any atom is -0.439 e. The lowest BCUT2D eigenvalue weighted by molar-refractivity contribution is 0.465. The molecule has 2 aromatic heterocycles. The van der Waals surface area contributed by atoms with Gasteiger partial charge in [-0.15, -0.1) is 0 Å². The van der Waals surface area contributed by atoms with E-state index in [9.17, 15) is 0 Å². The average molecular weight is 430 g/mol. The molecular formula is C24H20ClN5O. The van der Waals surface area contributed by atoms with E-state index in [1.54, 1.807) is 0 Å². The Morgan fingerprint density at radius 2 is 1.81 bits per heavy atom. The molecule has 5 aromatic rings. The number of aromatic nitrogens is 3. The van der Waals surface area contributed by atoms with Gasteiger partial charge in [0.25, 0.3) is 0 Å². The van der Waals surface area contributed by atoms with Crippen LogP contribution in [0.15, 0.2) is 72.8 Å². The summed E-state index contributed by atoms with van der Waals surface area (Å²) in [5.41, 5.74) is 10.4. The molecule has 3 N–H and O–H groups in total. The molecule has 0 aliphatic carbocycles. The summed E-state index contributed by atoms with van der Waals surface area (Å²) < 4.78 is 7.91. The number of imidazole rings is 1. The van der Waals surface area contributed by atoms with E-state index in [0.29, 0.717) is 17.4 Å². The monoisotopic (exact) mass is 429 g/mol. The second-order valence-electron chi connectivity index (χ2n) is 7.30. The highest BCUT2D eigenvalue weighted by molar-refractivity contribution is 6.35. The molecule has 7 heteroatoms. The number of nitrogens with zero attached hydrogens (tertiary/aromatic N) is 3. The highest BCUT2D eigenvalue weighted by Crippen LogP contribution is 2.27. The molecule has 0 bridgehead atoms. The van der Waals surface area contributed by atoms with Crippen LogP contribution >= 0.6 is 11.6 Å². The van der Waals surface area contributed by atoms with Crippen molar-refractivity contribution in [1.29, 1.82) is 0 Å². The molecule has 0 radical (unpaired) electrons. The Kier molecular flexibility index (Phi) is 4.84. The molecule has 0 fully saturated rings. The van der Waals surface area contributed by atoms with Crippen LogP contribution in [0.2, 0.25) is 5.02 Å². The van der Waals surface area contributed by atoms with Crippen LogP contribution in [0.5, 0.6) is 11.6 Å². The molecule has 2 heterocycles. The third kappa shape index (κ3) is 3.85. The predicted molar refractivity (Wildman–Crippen MR) is 126 cm³/mol. The van der Waals surface area contributed by atoms with E-state index in [2.05, 4.69) is 15.3 Å². The summed E-state index contributed by atoms with van der Waals surface area (Å²) in [7, 11) is 1.97. The molecule has 0 saturated carbocycles. The van der Waals surface area contributed by atoms with Gasteiger partial charge >= 0.3 is 0 Å². The van der Waals surface area contributed by atoms with Crippen LogP contribution in [0.1, 0.15) is 5.56 Å². The third-order valence-electron chi connectivity index (χ3n) is 5.15. The molecule has 154 valence electrons. The molecule has 0 spiro atoms. The van der Waals surface area contributed by atoms with Crippen LogP contribution in [0.25, 0.3) is 21.9 Å². The minimum absolute atomic E-state index is 0.527. The van der Waals surface area contributed by atoms with Crippen molar-refractivity contribution in [3.05, 3.63) is 83.4 Å². The summed E-state index contributed by atoms with van der Waals surface area (Å²) in [6, 6.07) is 23.0. The Hall–Kier alpha value is -3.77. The number of aryl methyl sites for hydroxylation is 1. The normalized spacial score (nSPS) is 11.2. The van der Waals surface area contributed by atoms with Crippen molar-refractivity contribution in [2.75, 3.05) is 11.1 Å². The number of hydrogen-bond donors (Lipinski definition) is 2. The fourth-order valence-corrected chi connectivity index (χ4v) is 3.73. The summed E-state index contributed by atoms with van der Waals surface area (Å²) in [6.07, 6.45) is 0. The van der Waals surface area contributed by atoms with Crippen LogP contribution in [0.3, 0.4) is 0 Å². The van der Waals surface area contributed by atoms with E-state index < -0.39 is 0 Å². The van der Waals surface area contributed by atoms with E-state index in [4.69, 9.17) is 22.1 Å². The summed E-state index contributed by atoms with van der Waals surface area (Å²) in [5.74, 6) is 2.04. The zero-order valence-electron chi connectivity index (χ0n) is 16.8. The Morgan fingerprint density at radius 3 is 2.65 bits per heavy atom. The van der Waals surface area contributed by atoms with E-state index in [1.807, 2.05) is 84.4 Å². The molecule has 0 amide bonds. The second kappa shape index (κ2) is 7.81. The lowest BCUT2D eigenvalue weighted by atomic mass is 10.2. The molecular weight excluding hydrogens is 410 g/mol. The van der Waals surface area contributed by atoms with E-state index in [1.165, 1.54) is 0 Å². The Balaban J connectivity index is 1.28. The number of anilines is 2. The van der Waals surface area contributed by atoms with Crippen LogP contribution in [0.4, 0.5) is 11.6 Å². The number of ether oxygens (including phenoxy) is 1. The van der Waals surface area contributed by atoms with E-state index >= 15 is 0 Å². The zero-order valence-corrected chi connectivity index (χ0v) is 17.6. The van der Waals surface area contributed by atoms with Crippen LogP contribution in [-0.4, -0.2) is 14.5 Å². The van der Waals surface area contributed by atoms with Gasteiger partial charge in [0.05, 0.1) is 16.6 Å². The van der Waals surface area contributed by atoms with Crippen molar-refractivity contribution < 1.29 is 4.74 Å². The van der Waals surface area contributed by atoms with Gasteiger partial charge < -0.3 is 20.4 Å². The van der Waals surface area contributed by atoms with Gasteiger partial charge in [-0.1, -0.05) is 29.8 Å². The number of rotatable bonds is 5. The number of pyridine rings is 1. The first kappa shape index (κ1) is 19.2. The summed E-state index contributed by atoms with van der Waals surface area (Å²) in [5, 5.41) is 4.96. The average Bonchev–Trinajstić information content (AvgIpc) is 3.08.